The van der Waals surface area contributed by atoms with E-state index in [2.05, 4.69) is 0 Å². The maximum absolute atomic E-state index is 15.3. The summed E-state index contributed by atoms with van der Waals surface area (Å²) in [6, 6.07) is 0.477. The Hall–Kier alpha value is -2.94. The van der Waals surface area contributed by atoms with Crippen LogP contribution < -0.4 is 16.1 Å². The number of hydrogen-bond acceptors (Lipinski definition) is 6. The first-order valence-electron chi connectivity index (χ1n) is 10.5. The zero-order chi connectivity index (χ0) is 22.4. The third kappa shape index (κ3) is 3.67. The fourth-order valence-electron chi connectivity index (χ4n) is 4.60. The third-order valence-corrected chi connectivity index (χ3v) is 6.27. The van der Waals surface area contributed by atoms with E-state index in [0.29, 0.717) is 50.0 Å². The molecule has 2 aliphatic rings. The number of esters is 1. The minimum absolute atomic E-state index is 0.00425. The monoisotopic (exact) mass is 431 g/mol. The van der Waals surface area contributed by atoms with Crippen LogP contribution in [0.3, 0.4) is 0 Å². The van der Waals surface area contributed by atoms with Crippen molar-refractivity contribution in [2.45, 2.75) is 57.7 Å². The van der Waals surface area contributed by atoms with Crippen molar-refractivity contribution in [2.75, 3.05) is 18.0 Å². The van der Waals surface area contributed by atoms with E-state index in [1.165, 1.54) is 12.3 Å². The maximum atomic E-state index is 15.3. The van der Waals surface area contributed by atoms with Crippen LogP contribution in [0.5, 0.6) is 0 Å². The number of nitrogens with two attached hydrogens (primary N) is 1. The molecule has 1 saturated heterocycles. The largest absolute Gasteiger partial charge is 0.477 e. The lowest BCUT2D eigenvalue weighted by molar-refractivity contribution is -0.151. The number of carboxylic acid groups (broad SMARTS) is 1. The molecule has 0 bridgehead atoms. The number of ether oxygens (including phenoxy) is 1. The Morgan fingerprint density at radius 1 is 1.29 bits per heavy atom. The molecule has 0 radical (unpaired) electrons. The van der Waals surface area contributed by atoms with Crippen molar-refractivity contribution in [1.82, 2.24) is 4.57 Å². The second-order valence-electron chi connectivity index (χ2n) is 8.47. The van der Waals surface area contributed by atoms with Crippen LogP contribution in [0.4, 0.5) is 10.1 Å². The van der Waals surface area contributed by atoms with Gasteiger partial charge in [-0.1, -0.05) is 0 Å². The summed E-state index contributed by atoms with van der Waals surface area (Å²) in [6.07, 6.45) is 3.53. The van der Waals surface area contributed by atoms with E-state index in [0.717, 1.165) is 5.56 Å². The van der Waals surface area contributed by atoms with Gasteiger partial charge in [0, 0.05) is 49.1 Å². The van der Waals surface area contributed by atoms with Crippen LogP contribution in [0.15, 0.2) is 17.1 Å². The number of piperidine rings is 1. The van der Waals surface area contributed by atoms with Crippen molar-refractivity contribution in [2.24, 2.45) is 5.73 Å². The number of hydrogen-bond donors (Lipinski definition) is 2. The van der Waals surface area contributed by atoms with E-state index in [9.17, 15) is 19.5 Å². The van der Waals surface area contributed by atoms with Crippen molar-refractivity contribution >= 4 is 28.5 Å². The first-order valence-corrected chi connectivity index (χ1v) is 10.5. The van der Waals surface area contributed by atoms with Crippen LogP contribution >= 0.6 is 0 Å². The number of aryl methyl sites for hydroxylation is 1. The van der Waals surface area contributed by atoms with Crippen molar-refractivity contribution in [3.63, 3.8) is 0 Å². The molecule has 1 fully saturated rings. The molecule has 31 heavy (non-hydrogen) atoms. The molecule has 0 amide bonds. The first kappa shape index (κ1) is 21.3. The molecule has 2 atom stereocenters. The number of pyridine rings is 1. The zero-order valence-corrected chi connectivity index (χ0v) is 17.6. The number of benzene rings is 1. The van der Waals surface area contributed by atoms with Gasteiger partial charge in [0.15, 0.2) is 0 Å². The van der Waals surface area contributed by atoms with Crippen LogP contribution in [0.1, 0.15) is 55.1 Å². The van der Waals surface area contributed by atoms with Crippen LogP contribution in [-0.4, -0.2) is 46.8 Å². The average Bonchev–Trinajstić information content (AvgIpc) is 2.72. The Labute approximate surface area is 178 Å². The second-order valence-corrected chi connectivity index (χ2v) is 8.47. The fraction of sp³-hybridized carbons (Fsp3) is 0.500. The Morgan fingerprint density at radius 2 is 1.97 bits per heavy atom. The molecule has 3 heterocycles. The SMILES string of the molecule is CC(N)C(=O)OC1CCN(c2c(F)cc3c(=O)c(C(=O)O)cn4c3c2CC[C@@H]4C)CC1. The van der Waals surface area contributed by atoms with Gasteiger partial charge >= 0.3 is 11.9 Å². The summed E-state index contributed by atoms with van der Waals surface area (Å²) in [5.41, 5.74) is 6.33. The quantitative estimate of drug-likeness (QED) is 0.713. The highest BCUT2D eigenvalue weighted by Crippen LogP contribution is 2.39. The maximum Gasteiger partial charge on any atom is 0.341 e. The van der Waals surface area contributed by atoms with Gasteiger partial charge in [-0.2, -0.15) is 0 Å². The zero-order valence-electron chi connectivity index (χ0n) is 17.6. The molecular formula is C22H26FN3O5. The van der Waals surface area contributed by atoms with Crippen molar-refractivity contribution < 1.29 is 23.8 Å². The summed E-state index contributed by atoms with van der Waals surface area (Å²) in [5, 5.41) is 9.51. The number of carbonyl (C=O) groups excluding carboxylic acids is 1. The van der Waals surface area contributed by atoms with E-state index < -0.39 is 29.2 Å². The summed E-state index contributed by atoms with van der Waals surface area (Å²) in [5.74, 6) is -2.30. The Morgan fingerprint density at radius 3 is 2.58 bits per heavy atom. The lowest BCUT2D eigenvalue weighted by Crippen LogP contribution is -2.41. The smallest absolute Gasteiger partial charge is 0.341 e. The molecular weight excluding hydrogens is 405 g/mol. The Balaban J connectivity index is 1.73. The summed E-state index contributed by atoms with van der Waals surface area (Å²) in [4.78, 5) is 37.9. The predicted molar refractivity (Wildman–Crippen MR) is 113 cm³/mol. The molecule has 0 saturated carbocycles. The summed E-state index contributed by atoms with van der Waals surface area (Å²) < 4.78 is 22.5. The van der Waals surface area contributed by atoms with Gasteiger partial charge in [-0.15, -0.1) is 0 Å². The third-order valence-electron chi connectivity index (χ3n) is 6.27. The molecule has 166 valence electrons. The van der Waals surface area contributed by atoms with Crippen LogP contribution in [0.2, 0.25) is 0 Å². The lowest BCUT2D eigenvalue weighted by atomic mass is 9.93. The van der Waals surface area contributed by atoms with Crippen molar-refractivity contribution in [3.8, 4) is 0 Å². The van der Waals surface area contributed by atoms with E-state index in [4.69, 9.17) is 10.5 Å². The normalized spacial score (nSPS) is 20.0. The van der Waals surface area contributed by atoms with Crippen LogP contribution in [0.25, 0.3) is 10.9 Å². The van der Waals surface area contributed by atoms with Gasteiger partial charge in [0.25, 0.3) is 0 Å². The van der Waals surface area contributed by atoms with E-state index >= 15 is 4.39 Å². The highest BCUT2D eigenvalue weighted by atomic mass is 19.1. The fourth-order valence-corrected chi connectivity index (χ4v) is 4.60. The molecule has 0 aliphatic carbocycles. The minimum Gasteiger partial charge on any atom is -0.477 e. The standard InChI is InChI=1S/C22H26FN3O5/c1-11-3-4-14-18-15(20(27)16(21(28)29)10-26(11)18)9-17(23)19(14)25-7-5-13(6-8-25)31-22(30)12(2)24/h9-13H,3-8,24H2,1-2H3,(H,28,29)/t11-,12?/m0/s1. The van der Waals surface area contributed by atoms with E-state index in [-0.39, 0.29) is 23.1 Å². The van der Waals surface area contributed by atoms with Crippen molar-refractivity contribution in [1.29, 1.82) is 0 Å². The summed E-state index contributed by atoms with van der Waals surface area (Å²) in [6.45, 7) is 4.53. The average molecular weight is 431 g/mol. The molecule has 1 aromatic heterocycles. The molecule has 1 unspecified atom stereocenters. The molecule has 8 nitrogen and oxygen atoms in total. The first-order chi connectivity index (χ1) is 14.7. The van der Waals surface area contributed by atoms with Gasteiger partial charge in [-0.25, -0.2) is 9.18 Å². The number of anilines is 1. The number of carbonyl (C=O) groups is 2. The Bertz CT molecular complexity index is 1120. The molecule has 0 spiro atoms. The summed E-state index contributed by atoms with van der Waals surface area (Å²) in [7, 11) is 0. The highest BCUT2D eigenvalue weighted by molar-refractivity contribution is 5.95. The number of rotatable bonds is 4. The topological polar surface area (TPSA) is 115 Å². The summed E-state index contributed by atoms with van der Waals surface area (Å²) >= 11 is 0. The van der Waals surface area contributed by atoms with Crippen molar-refractivity contribution in [3.05, 3.63) is 39.4 Å². The number of nitrogens with zero attached hydrogens (tertiary/aromatic N) is 2. The van der Waals surface area contributed by atoms with Crippen LogP contribution in [-0.2, 0) is 16.0 Å². The van der Waals surface area contributed by atoms with E-state index in [1.807, 2.05) is 11.8 Å². The van der Waals surface area contributed by atoms with Crippen LogP contribution in [0, 0.1) is 5.82 Å². The number of aromatic nitrogens is 1. The van der Waals surface area contributed by atoms with Gasteiger partial charge in [-0.05, 0) is 32.8 Å². The minimum atomic E-state index is -1.32. The molecule has 1 aromatic carbocycles. The molecule has 9 heteroatoms. The van der Waals surface area contributed by atoms with Gasteiger partial charge < -0.3 is 25.0 Å². The molecule has 2 aromatic rings. The number of carboxylic acids is 1. The van der Waals surface area contributed by atoms with Gasteiger partial charge in [0.05, 0.1) is 11.2 Å². The molecule has 4 rings (SSSR count). The second kappa shape index (κ2) is 7.96. The molecule has 2 aliphatic heterocycles. The number of aromatic carboxylic acids is 1. The van der Waals surface area contributed by atoms with Gasteiger partial charge in [0.2, 0.25) is 5.43 Å². The molecule has 3 N–H and O–H groups in total. The van der Waals surface area contributed by atoms with Gasteiger partial charge in [0.1, 0.15) is 23.5 Å². The number of halogens is 1. The lowest BCUT2D eigenvalue weighted by Gasteiger charge is -2.37. The van der Waals surface area contributed by atoms with Gasteiger partial charge in [-0.3, -0.25) is 9.59 Å². The predicted octanol–water partition coefficient (Wildman–Crippen LogP) is 2.21. The van der Waals surface area contributed by atoms with E-state index in [1.54, 1.807) is 11.5 Å². The Kier molecular flexibility index (Phi) is 5.47. The highest BCUT2D eigenvalue weighted by Gasteiger charge is 2.31.